The molecule has 6 heteroatoms. The molecule has 0 atom stereocenters. The zero-order chi connectivity index (χ0) is 24.3. The summed E-state index contributed by atoms with van der Waals surface area (Å²) in [6.45, 7) is 12.6. The fourth-order valence-corrected chi connectivity index (χ4v) is 5.62. The van der Waals surface area contributed by atoms with Crippen molar-refractivity contribution in [2.75, 3.05) is 13.2 Å². The molecule has 2 fully saturated rings. The van der Waals surface area contributed by atoms with Crippen molar-refractivity contribution in [1.82, 2.24) is 10.6 Å². The highest BCUT2D eigenvalue weighted by Crippen LogP contribution is 2.49. The van der Waals surface area contributed by atoms with E-state index in [-0.39, 0.29) is 16.7 Å². The number of amides is 1. The van der Waals surface area contributed by atoms with E-state index in [9.17, 15) is 4.79 Å². The Hall–Kier alpha value is -2.54. The molecule has 1 amide bonds. The molecule has 1 aliphatic carbocycles. The van der Waals surface area contributed by atoms with Crippen LogP contribution >= 0.6 is 12.2 Å². The molecule has 34 heavy (non-hydrogen) atoms. The summed E-state index contributed by atoms with van der Waals surface area (Å²) in [6.07, 6.45) is 4.12. The van der Waals surface area contributed by atoms with E-state index in [0.717, 1.165) is 23.1 Å². The van der Waals surface area contributed by atoms with Crippen molar-refractivity contribution < 1.29 is 14.3 Å². The maximum atomic E-state index is 12.0. The van der Waals surface area contributed by atoms with Crippen LogP contribution in [0.3, 0.4) is 0 Å². The van der Waals surface area contributed by atoms with E-state index >= 15 is 0 Å². The first-order chi connectivity index (χ1) is 16.0. The molecule has 2 saturated heterocycles. The van der Waals surface area contributed by atoms with Gasteiger partial charge in [-0.15, -0.1) is 0 Å². The lowest BCUT2D eigenvalue weighted by Gasteiger charge is -2.43. The van der Waals surface area contributed by atoms with Crippen LogP contribution in [0, 0.1) is 6.92 Å². The molecule has 5 rings (SSSR count). The summed E-state index contributed by atoms with van der Waals surface area (Å²) in [6, 6.07) is 12.7. The van der Waals surface area contributed by atoms with Crippen molar-refractivity contribution >= 4 is 29.3 Å². The highest BCUT2D eigenvalue weighted by atomic mass is 32.1. The van der Waals surface area contributed by atoms with Crippen LogP contribution in [0.2, 0.25) is 0 Å². The van der Waals surface area contributed by atoms with Crippen LogP contribution in [0.25, 0.3) is 6.08 Å². The molecule has 2 aromatic rings. The topological polar surface area (TPSA) is 59.6 Å². The molecule has 2 N–H and O–H groups in total. The van der Waals surface area contributed by atoms with Crippen LogP contribution in [0.5, 0.6) is 0 Å². The summed E-state index contributed by atoms with van der Waals surface area (Å²) in [5, 5.41) is 5.80. The summed E-state index contributed by atoms with van der Waals surface area (Å²) in [5.74, 6) is -1.16. The molecule has 0 spiro atoms. The number of fused-ring (bicyclic) bond motifs is 1. The maximum Gasteiger partial charge on any atom is 0.273 e. The van der Waals surface area contributed by atoms with Gasteiger partial charge in [0.05, 0.1) is 13.2 Å². The standard InChI is InChI=1S/C28H32N2O3S/c1-17-14-21-22(27(4,5)11-10-26(21,2)3)16-20(17)28(32-12-13-33-28)19-8-6-18(7-9-19)15-23-24(31)30-25(34)29-23/h6-9,14-16H,10-13H2,1-5H3,(H2,29,30,31,34). The van der Waals surface area contributed by atoms with Gasteiger partial charge in [0.25, 0.3) is 5.91 Å². The number of aryl methyl sites for hydroxylation is 1. The Morgan fingerprint density at radius 1 is 0.882 bits per heavy atom. The number of thiocarbonyl (C=S) groups is 1. The Morgan fingerprint density at radius 3 is 2.03 bits per heavy atom. The minimum Gasteiger partial charge on any atom is -0.340 e. The normalized spacial score (nSPS) is 23.5. The summed E-state index contributed by atoms with van der Waals surface area (Å²) in [7, 11) is 0. The Bertz CT molecular complexity index is 1200. The van der Waals surface area contributed by atoms with Crippen LogP contribution in [-0.2, 0) is 30.9 Å². The molecule has 2 heterocycles. The second kappa shape index (κ2) is 8.01. The maximum absolute atomic E-state index is 12.0. The largest absolute Gasteiger partial charge is 0.340 e. The van der Waals surface area contributed by atoms with Crippen molar-refractivity contribution in [2.24, 2.45) is 0 Å². The molecule has 2 aliphatic heterocycles. The van der Waals surface area contributed by atoms with Gasteiger partial charge in [-0.3, -0.25) is 10.1 Å². The summed E-state index contributed by atoms with van der Waals surface area (Å²) in [4.78, 5) is 12.0. The number of nitrogens with one attached hydrogen (secondary N) is 2. The van der Waals surface area contributed by atoms with Gasteiger partial charge in [0.2, 0.25) is 5.79 Å². The predicted molar refractivity (Wildman–Crippen MR) is 137 cm³/mol. The number of hydrogen-bond donors (Lipinski definition) is 2. The first-order valence-corrected chi connectivity index (χ1v) is 12.3. The summed E-state index contributed by atoms with van der Waals surface area (Å²) < 4.78 is 12.8. The molecular formula is C28H32N2O3S. The SMILES string of the molecule is Cc1cc2c(cc1C1(c3ccc(C=C4NC(=S)NC4=O)cc3)OCCO1)C(C)(C)CCC2(C)C. The second-order valence-electron chi connectivity index (χ2n) is 10.9. The van der Waals surface area contributed by atoms with Crippen LogP contribution in [-0.4, -0.2) is 24.2 Å². The third-order valence-corrected chi connectivity index (χ3v) is 7.77. The minimum absolute atomic E-state index is 0.0958. The Labute approximate surface area is 206 Å². The average Bonchev–Trinajstić information content (AvgIpc) is 3.39. The number of benzene rings is 2. The molecule has 2 aromatic carbocycles. The van der Waals surface area contributed by atoms with Gasteiger partial charge in [0, 0.05) is 11.1 Å². The predicted octanol–water partition coefficient (Wildman–Crippen LogP) is 4.94. The van der Waals surface area contributed by atoms with E-state index in [4.69, 9.17) is 21.7 Å². The van der Waals surface area contributed by atoms with E-state index in [2.05, 4.69) is 57.4 Å². The zero-order valence-corrected chi connectivity index (χ0v) is 21.3. The summed E-state index contributed by atoms with van der Waals surface area (Å²) in [5.41, 5.74) is 7.59. The highest BCUT2D eigenvalue weighted by Gasteiger charge is 2.45. The van der Waals surface area contributed by atoms with Gasteiger partial charge in [-0.2, -0.15) is 0 Å². The Morgan fingerprint density at radius 2 is 1.47 bits per heavy atom. The lowest BCUT2D eigenvalue weighted by atomic mass is 9.62. The van der Waals surface area contributed by atoms with E-state index < -0.39 is 5.79 Å². The summed E-state index contributed by atoms with van der Waals surface area (Å²) >= 11 is 5.02. The lowest BCUT2D eigenvalue weighted by Crippen LogP contribution is -2.36. The number of carbonyl (C=O) groups excluding carboxylic acids is 1. The smallest absolute Gasteiger partial charge is 0.273 e. The van der Waals surface area contributed by atoms with Gasteiger partial charge in [-0.05, 0) is 77.2 Å². The second-order valence-corrected chi connectivity index (χ2v) is 11.3. The van der Waals surface area contributed by atoms with Gasteiger partial charge >= 0.3 is 0 Å². The van der Waals surface area contributed by atoms with Crippen LogP contribution < -0.4 is 10.6 Å². The molecule has 0 unspecified atom stereocenters. The Kier molecular flexibility index (Phi) is 5.47. The number of ether oxygens (including phenoxy) is 2. The minimum atomic E-state index is -0.937. The highest BCUT2D eigenvalue weighted by molar-refractivity contribution is 7.80. The van der Waals surface area contributed by atoms with Crippen molar-refractivity contribution in [3.63, 3.8) is 0 Å². The van der Waals surface area contributed by atoms with Gasteiger partial charge in [0.1, 0.15) is 5.70 Å². The first-order valence-electron chi connectivity index (χ1n) is 11.9. The fraction of sp³-hybridized carbons (Fsp3) is 0.429. The fourth-order valence-electron chi connectivity index (χ4n) is 5.41. The molecule has 0 bridgehead atoms. The van der Waals surface area contributed by atoms with E-state index in [1.54, 1.807) is 6.08 Å². The lowest BCUT2D eigenvalue weighted by molar-refractivity contribution is -0.130. The average molecular weight is 477 g/mol. The molecule has 0 aromatic heterocycles. The van der Waals surface area contributed by atoms with Gasteiger partial charge in [0.15, 0.2) is 5.11 Å². The van der Waals surface area contributed by atoms with E-state index in [1.165, 1.54) is 23.1 Å². The van der Waals surface area contributed by atoms with Crippen molar-refractivity contribution in [2.45, 2.75) is 64.1 Å². The van der Waals surface area contributed by atoms with Crippen LogP contribution in [0.15, 0.2) is 42.1 Å². The first kappa shape index (κ1) is 23.2. The third-order valence-electron chi connectivity index (χ3n) is 7.57. The molecule has 3 aliphatic rings. The van der Waals surface area contributed by atoms with Gasteiger partial charge in [-0.25, -0.2) is 0 Å². The molecule has 0 saturated carbocycles. The Balaban J connectivity index is 1.58. The molecule has 178 valence electrons. The number of hydrogen-bond acceptors (Lipinski definition) is 4. The third kappa shape index (κ3) is 3.78. The van der Waals surface area contributed by atoms with Crippen LogP contribution in [0.1, 0.15) is 73.9 Å². The van der Waals surface area contributed by atoms with Gasteiger partial charge in [-0.1, -0.05) is 58.0 Å². The molecule has 0 radical (unpaired) electrons. The van der Waals surface area contributed by atoms with Crippen molar-refractivity contribution in [3.8, 4) is 0 Å². The molecular weight excluding hydrogens is 444 g/mol. The van der Waals surface area contributed by atoms with Crippen LogP contribution in [0.4, 0.5) is 0 Å². The number of rotatable bonds is 3. The molecule has 5 nitrogen and oxygen atoms in total. The number of carbonyl (C=O) groups is 1. The van der Waals surface area contributed by atoms with E-state index in [0.29, 0.717) is 24.0 Å². The van der Waals surface area contributed by atoms with Crippen molar-refractivity contribution in [3.05, 3.63) is 75.5 Å². The van der Waals surface area contributed by atoms with Crippen molar-refractivity contribution in [1.29, 1.82) is 0 Å². The zero-order valence-electron chi connectivity index (χ0n) is 20.5. The monoisotopic (exact) mass is 476 g/mol. The quantitative estimate of drug-likeness (QED) is 0.486. The van der Waals surface area contributed by atoms with Gasteiger partial charge < -0.3 is 14.8 Å². The van der Waals surface area contributed by atoms with E-state index in [1.807, 2.05) is 24.3 Å².